The van der Waals surface area contributed by atoms with Crippen LogP contribution in [0.5, 0.6) is 0 Å². The zero-order chi connectivity index (χ0) is 21.2. The summed E-state index contributed by atoms with van der Waals surface area (Å²) in [6, 6.07) is 8.78. The van der Waals surface area contributed by atoms with Crippen LogP contribution in [0.15, 0.2) is 41.8 Å². The second-order valence-electron chi connectivity index (χ2n) is 6.99. The summed E-state index contributed by atoms with van der Waals surface area (Å²) in [4.78, 5) is 30.2. The van der Waals surface area contributed by atoms with Crippen molar-refractivity contribution in [2.24, 2.45) is 0 Å². The predicted octanol–water partition coefficient (Wildman–Crippen LogP) is 2.76. The Bertz CT molecular complexity index is 1050. The van der Waals surface area contributed by atoms with Crippen molar-refractivity contribution in [2.45, 2.75) is 33.4 Å². The van der Waals surface area contributed by atoms with Gasteiger partial charge in [0.1, 0.15) is 5.69 Å². The highest BCUT2D eigenvalue weighted by molar-refractivity contribution is 7.94. The van der Waals surface area contributed by atoms with Crippen molar-refractivity contribution in [3.63, 3.8) is 0 Å². The Kier molecular flexibility index (Phi) is 5.93. The molecule has 1 aliphatic rings. The van der Waals surface area contributed by atoms with Gasteiger partial charge in [-0.05, 0) is 38.0 Å². The molecule has 0 spiro atoms. The van der Waals surface area contributed by atoms with Gasteiger partial charge < -0.3 is 14.6 Å². The van der Waals surface area contributed by atoms with Crippen LogP contribution in [-0.4, -0.2) is 48.6 Å². The Morgan fingerprint density at radius 3 is 2.48 bits per heavy atom. The number of sulfone groups is 1. The number of ether oxygens (including phenoxy) is 1. The Morgan fingerprint density at radius 1 is 1.21 bits per heavy atom. The molecule has 154 valence electrons. The predicted molar refractivity (Wildman–Crippen MR) is 109 cm³/mol. The van der Waals surface area contributed by atoms with E-state index in [0.29, 0.717) is 16.8 Å². The van der Waals surface area contributed by atoms with Gasteiger partial charge in [-0.1, -0.05) is 30.3 Å². The molecule has 1 atom stereocenters. The van der Waals surface area contributed by atoms with E-state index in [9.17, 15) is 18.0 Å². The second kappa shape index (κ2) is 8.24. The molecular formula is C21H24N2O5S. The molecule has 8 heteroatoms. The fraction of sp³-hybridized carbons (Fsp3) is 0.333. The largest absolute Gasteiger partial charge is 0.462 e. The number of hydrogen-bond acceptors (Lipinski definition) is 5. The number of benzene rings is 1. The minimum absolute atomic E-state index is 0.158. The van der Waals surface area contributed by atoms with Crippen molar-refractivity contribution in [3.05, 3.63) is 69.9 Å². The van der Waals surface area contributed by atoms with Crippen LogP contribution in [0.1, 0.15) is 44.6 Å². The fourth-order valence-corrected chi connectivity index (χ4v) is 4.79. The van der Waals surface area contributed by atoms with Crippen molar-refractivity contribution >= 4 is 21.7 Å². The van der Waals surface area contributed by atoms with E-state index in [-0.39, 0.29) is 30.5 Å². The Labute approximate surface area is 170 Å². The Balaban J connectivity index is 1.98. The fourth-order valence-electron chi connectivity index (χ4n) is 3.49. The first kappa shape index (κ1) is 20.9. The molecule has 0 fully saturated rings. The van der Waals surface area contributed by atoms with E-state index in [1.54, 1.807) is 20.8 Å². The van der Waals surface area contributed by atoms with Crippen LogP contribution in [-0.2, 0) is 21.1 Å². The van der Waals surface area contributed by atoms with Crippen molar-refractivity contribution in [2.75, 3.05) is 12.4 Å². The van der Waals surface area contributed by atoms with E-state index in [0.717, 1.165) is 11.0 Å². The number of carbonyl (C=O) groups excluding carboxylic acids is 2. The molecule has 1 aliphatic heterocycles. The number of H-pyrrole nitrogens is 1. The zero-order valence-electron chi connectivity index (χ0n) is 16.6. The molecule has 1 aromatic heterocycles. The van der Waals surface area contributed by atoms with Gasteiger partial charge >= 0.3 is 5.97 Å². The first-order chi connectivity index (χ1) is 13.7. The Morgan fingerprint density at radius 2 is 1.90 bits per heavy atom. The number of hydrogen-bond donors (Lipinski definition) is 1. The molecule has 7 nitrogen and oxygen atoms in total. The third kappa shape index (κ3) is 4.42. The van der Waals surface area contributed by atoms with Gasteiger partial charge in [0.15, 0.2) is 9.84 Å². The lowest BCUT2D eigenvalue weighted by Gasteiger charge is -2.27. The van der Waals surface area contributed by atoms with E-state index >= 15 is 0 Å². The van der Waals surface area contributed by atoms with Crippen molar-refractivity contribution in [1.29, 1.82) is 0 Å². The molecule has 0 radical (unpaired) electrons. The number of esters is 1. The van der Waals surface area contributed by atoms with E-state index < -0.39 is 21.8 Å². The van der Waals surface area contributed by atoms with Gasteiger partial charge in [0.2, 0.25) is 0 Å². The number of amides is 1. The first-order valence-corrected chi connectivity index (χ1v) is 11.1. The van der Waals surface area contributed by atoms with Gasteiger partial charge in [0, 0.05) is 17.6 Å². The normalized spacial score (nSPS) is 17.3. The van der Waals surface area contributed by atoms with Crippen LogP contribution in [0.3, 0.4) is 0 Å². The molecule has 2 aromatic rings. The lowest BCUT2D eigenvalue weighted by atomic mass is 10.1. The average Bonchev–Trinajstić information content (AvgIpc) is 3.18. The van der Waals surface area contributed by atoms with Crippen LogP contribution in [0, 0.1) is 13.8 Å². The number of nitrogens with zero attached hydrogens (tertiary/aromatic N) is 1. The standard InChI is InChI=1S/C21H24N2O5S/c1-4-28-21(25)18-14(2)19(22-15(18)3)20(24)23(12-16-8-6-5-7-9-16)17-10-11-29(26,27)13-17/h5-11,17,22H,4,12-13H2,1-3H3. The minimum atomic E-state index is -3.34. The third-order valence-corrected chi connectivity index (χ3v) is 6.28. The number of aryl methyl sites for hydroxylation is 1. The van der Waals surface area contributed by atoms with Crippen LogP contribution < -0.4 is 0 Å². The van der Waals surface area contributed by atoms with Crippen LogP contribution in [0.25, 0.3) is 0 Å². The Hall–Kier alpha value is -2.87. The molecule has 2 heterocycles. The van der Waals surface area contributed by atoms with Gasteiger partial charge in [-0.3, -0.25) is 4.79 Å². The molecule has 3 rings (SSSR count). The molecule has 0 saturated heterocycles. The van der Waals surface area contributed by atoms with E-state index in [4.69, 9.17) is 4.74 Å². The average molecular weight is 416 g/mol. The summed E-state index contributed by atoms with van der Waals surface area (Å²) in [5, 5.41) is 1.15. The zero-order valence-corrected chi connectivity index (χ0v) is 17.5. The maximum Gasteiger partial charge on any atom is 0.340 e. The highest BCUT2D eigenvalue weighted by atomic mass is 32.2. The van der Waals surface area contributed by atoms with Gasteiger partial charge in [0.05, 0.1) is 24.0 Å². The number of carbonyl (C=O) groups is 2. The van der Waals surface area contributed by atoms with Crippen molar-refractivity contribution < 1.29 is 22.7 Å². The number of rotatable bonds is 6. The lowest BCUT2D eigenvalue weighted by molar-refractivity contribution is 0.0525. The summed E-state index contributed by atoms with van der Waals surface area (Å²) >= 11 is 0. The topological polar surface area (TPSA) is 96.5 Å². The second-order valence-corrected chi connectivity index (χ2v) is 8.92. The van der Waals surface area contributed by atoms with Crippen LogP contribution >= 0.6 is 0 Å². The molecule has 29 heavy (non-hydrogen) atoms. The van der Waals surface area contributed by atoms with Crippen molar-refractivity contribution in [1.82, 2.24) is 9.88 Å². The summed E-state index contributed by atoms with van der Waals surface area (Å²) in [5.74, 6) is -1.01. The maximum absolute atomic E-state index is 13.4. The van der Waals surface area contributed by atoms with Gasteiger partial charge in [-0.2, -0.15) is 0 Å². The molecule has 0 bridgehead atoms. The molecular weight excluding hydrogens is 392 g/mol. The molecule has 1 N–H and O–H groups in total. The minimum Gasteiger partial charge on any atom is -0.462 e. The molecule has 1 unspecified atom stereocenters. The quantitative estimate of drug-likeness (QED) is 0.731. The summed E-state index contributed by atoms with van der Waals surface area (Å²) in [5.41, 5.74) is 2.51. The van der Waals surface area contributed by atoms with Gasteiger partial charge in [-0.15, -0.1) is 0 Å². The summed E-state index contributed by atoms with van der Waals surface area (Å²) in [6.45, 7) is 5.59. The van der Waals surface area contributed by atoms with E-state index in [2.05, 4.69) is 4.98 Å². The first-order valence-electron chi connectivity index (χ1n) is 9.35. The van der Waals surface area contributed by atoms with Crippen LogP contribution in [0.4, 0.5) is 0 Å². The summed E-state index contributed by atoms with van der Waals surface area (Å²) in [7, 11) is -3.34. The summed E-state index contributed by atoms with van der Waals surface area (Å²) in [6.07, 6.45) is 1.54. The van der Waals surface area contributed by atoms with E-state index in [1.807, 2.05) is 30.3 Å². The number of aromatic amines is 1. The number of nitrogens with one attached hydrogen (secondary N) is 1. The highest BCUT2D eigenvalue weighted by Gasteiger charge is 2.33. The lowest BCUT2D eigenvalue weighted by Crippen LogP contribution is -2.41. The SMILES string of the molecule is CCOC(=O)c1c(C)[nH]c(C(=O)N(Cc2ccccc2)C2C=CS(=O)(=O)C2)c1C. The summed E-state index contributed by atoms with van der Waals surface area (Å²) < 4.78 is 29.0. The smallest absolute Gasteiger partial charge is 0.340 e. The monoisotopic (exact) mass is 416 g/mol. The number of aromatic nitrogens is 1. The maximum atomic E-state index is 13.4. The van der Waals surface area contributed by atoms with Crippen molar-refractivity contribution in [3.8, 4) is 0 Å². The van der Waals surface area contributed by atoms with Gasteiger partial charge in [0.25, 0.3) is 5.91 Å². The van der Waals surface area contributed by atoms with E-state index in [1.165, 1.54) is 11.0 Å². The van der Waals surface area contributed by atoms with Crippen LogP contribution in [0.2, 0.25) is 0 Å². The third-order valence-electron chi connectivity index (χ3n) is 4.90. The molecule has 1 amide bonds. The molecule has 0 saturated carbocycles. The highest BCUT2D eigenvalue weighted by Crippen LogP contribution is 2.24. The molecule has 0 aliphatic carbocycles. The van der Waals surface area contributed by atoms with Gasteiger partial charge in [-0.25, -0.2) is 13.2 Å². The molecule has 1 aromatic carbocycles.